The standard InChI is InChI=1S/C67H126NO8P/c1-3-5-7-9-11-13-15-17-19-21-22-23-24-25-26-27-28-29-30-31-32-33-34-35-36-37-38-39-40-41-42-44-46-48-50-52-54-56-58-60-67(70)76-65(64-75-77(71,72)74-62-61-68)63-73-66(69)59-57-55-53-51-49-47-45-43-20-18-16-14-12-10-8-6-4-2/h5,7,11,13,17,19,22-23,65H,3-4,6,8-10,12,14-16,18,20-21,24-64,68H2,1-2H3,(H,71,72)/b7-5-,13-11-,19-17-,23-22-. The van der Waals surface area contributed by atoms with Gasteiger partial charge in [0.1, 0.15) is 6.61 Å². The van der Waals surface area contributed by atoms with Crippen LogP contribution in [0.2, 0.25) is 0 Å². The number of nitrogens with two attached hydrogens (primary N) is 1. The quantitative estimate of drug-likeness (QED) is 0.0264. The Morgan fingerprint density at radius 3 is 1.06 bits per heavy atom. The Hall–Kier alpha value is -2.03. The summed E-state index contributed by atoms with van der Waals surface area (Å²) in [4.78, 5) is 35.2. The third kappa shape index (κ3) is 63.0. The molecule has 0 amide bonds. The zero-order valence-electron chi connectivity index (χ0n) is 50.7. The first kappa shape index (κ1) is 75.0. The highest BCUT2D eigenvalue weighted by molar-refractivity contribution is 7.47. The molecule has 0 spiro atoms. The number of unbranched alkanes of at least 4 members (excludes halogenated alkanes) is 42. The van der Waals surface area contributed by atoms with E-state index in [0.717, 1.165) is 57.8 Å². The van der Waals surface area contributed by atoms with Crippen LogP contribution in [0.5, 0.6) is 0 Å². The van der Waals surface area contributed by atoms with Gasteiger partial charge in [0.25, 0.3) is 0 Å². The van der Waals surface area contributed by atoms with Gasteiger partial charge in [-0.3, -0.25) is 18.6 Å². The smallest absolute Gasteiger partial charge is 0.462 e. The zero-order valence-corrected chi connectivity index (χ0v) is 51.6. The van der Waals surface area contributed by atoms with Crippen LogP contribution in [0.1, 0.15) is 335 Å². The molecule has 0 aliphatic rings. The summed E-state index contributed by atoms with van der Waals surface area (Å²) >= 11 is 0. The maximum Gasteiger partial charge on any atom is 0.472 e. The highest BCUT2D eigenvalue weighted by atomic mass is 31.2. The first-order chi connectivity index (χ1) is 37.8. The van der Waals surface area contributed by atoms with E-state index in [4.69, 9.17) is 24.3 Å². The average molecular weight is 1100 g/mol. The van der Waals surface area contributed by atoms with E-state index >= 15 is 0 Å². The molecule has 0 aromatic rings. The van der Waals surface area contributed by atoms with Crippen molar-refractivity contribution in [3.63, 3.8) is 0 Å². The fourth-order valence-electron chi connectivity index (χ4n) is 9.87. The van der Waals surface area contributed by atoms with Crippen molar-refractivity contribution in [2.45, 2.75) is 341 Å². The number of carbonyl (C=O) groups excluding carboxylic acids is 2. The summed E-state index contributed by atoms with van der Waals surface area (Å²) in [6.45, 7) is 3.69. The van der Waals surface area contributed by atoms with Crippen LogP contribution in [0.25, 0.3) is 0 Å². The molecule has 3 N–H and O–H groups in total. The molecule has 0 fully saturated rings. The summed E-state index contributed by atoms with van der Waals surface area (Å²) < 4.78 is 33.1. The normalized spacial score (nSPS) is 13.2. The molecule has 0 heterocycles. The van der Waals surface area contributed by atoms with Gasteiger partial charge in [-0.05, 0) is 51.4 Å². The van der Waals surface area contributed by atoms with Gasteiger partial charge in [0.2, 0.25) is 0 Å². The Balaban J connectivity index is 3.75. The Bertz CT molecular complexity index is 1400. The van der Waals surface area contributed by atoms with Crippen molar-refractivity contribution in [1.82, 2.24) is 0 Å². The van der Waals surface area contributed by atoms with Crippen molar-refractivity contribution < 1.29 is 37.6 Å². The number of ether oxygens (including phenoxy) is 2. The lowest BCUT2D eigenvalue weighted by atomic mass is 10.0. The van der Waals surface area contributed by atoms with Crippen molar-refractivity contribution in [3.8, 4) is 0 Å². The summed E-state index contributed by atoms with van der Waals surface area (Å²) in [5.41, 5.74) is 5.39. The number of phosphoric acid groups is 1. The molecule has 2 atom stereocenters. The molecular weight excluding hydrogens is 978 g/mol. The second-order valence-corrected chi connectivity index (χ2v) is 23.8. The first-order valence-electron chi connectivity index (χ1n) is 33.1. The number of hydrogen-bond donors (Lipinski definition) is 2. The molecule has 2 unspecified atom stereocenters. The minimum absolute atomic E-state index is 0.0565. The number of esters is 2. The molecule has 0 aromatic heterocycles. The largest absolute Gasteiger partial charge is 0.472 e. The number of rotatable bonds is 63. The summed E-state index contributed by atoms with van der Waals surface area (Å²) in [5, 5.41) is 0. The number of hydrogen-bond acceptors (Lipinski definition) is 8. The molecule has 0 saturated heterocycles. The minimum Gasteiger partial charge on any atom is -0.462 e. The number of allylic oxidation sites excluding steroid dienone is 8. The van der Waals surface area contributed by atoms with E-state index in [9.17, 15) is 19.0 Å². The molecule has 0 bridgehead atoms. The highest BCUT2D eigenvalue weighted by Gasteiger charge is 2.26. The number of phosphoric ester groups is 1. The maximum atomic E-state index is 12.7. The lowest BCUT2D eigenvalue weighted by Crippen LogP contribution is -2.29. The summed E-state index contributed by atoms with van der Waals surface area (Å²) in [5.74, 6) is -0.806. The van der Waals surface area contributed by atoms with Crippen LogP contribution in [0.4, 0.5) is 0 Å². The monoisotopic (exact) mass is 1100 g/mol. The molecule has 77 heavy (non-hydrogen) atoms. The molecule has 0 rings (SSSR count). The van der Waals surface area contributed by atoms with Gasteiger partial charge < -0.3 is 20.1 Å². The van der Waals surface area contributed by atoms with Crippen molar-refractivity contribution >= 4 is 19.8 Å². The van der Waals surface area contributed by atoms with Crippen molar-refractivity contribution in [1.29, 1.82) is 0 Å². The summed E-state index contributed by atoms with van der Waals surface area (Å²) in [6, 6.07) is 0. The fraction of sp³-hybridized carbons (Fsp3) is 0.851. The van der Waals surface area contributed by atoms with Crippen LogP contribution >= 0.6 is 7.82 Å². The van der Waals surface area contributed by atoms with Crippen LogP contribution in [0.15, 0.2) is 48.6 Å². The molecule has 0 saturated carbocycles. The van der Waals surface area contributed by atoms with Crippen LogP contribution < -0.4 is 5.73 Å². The van der Waals surface area contributed by atoms with E-state index in [1.807, 2.05) is 0 Å². The predicted octanol–water partition coefficient (Wildman–Crippen LogP) is 21.3. The van der Waals surface area contributed by atoms with E-state index < -0.39 is 26.5 Å². The van der Waals surface area contributed by atoms with E-state index in [1.54, 1.807) is 0 Å². The lowest BCUT2D eigenvalue weighted by Gasteiger charge is -2.19. The maximum absolute atomic E-state index is 12.7. The minimum atomic E-state index is -4.38. The topological polar surface area (TPSA) is 134 Å². The average Bonchev–Trinajstić information content (AvgIpc) is 3.42. The Labute approximate surface area is 477 Å². The van der Waals surface area contributed by atoms with Gasteiger partial charge in [0.05, 0.1) is 13.2 Å². The Morgan fingerprint density at radius 1 is 0.403 bits per heavy atom. The van der Waals surface area contributed by atoms with Crippen LogP contribution in [0, 0.1) is 0 Å². The molecule has 0 aliphatic carbocycles. The van der Waals surface area contributed by atoms with Gasteiger partial charge in [0, 0.05) is 19.4 Å². The molecule has 0 radical (unpaired) electrons. The van der Waals surface area contributed by atoms with E-state index in [0.29, 0.717) is 6.42 Å². The Kier molecular flexibility index (Phi) is 61.5. The van der Waals surface area contributed by atoms with E-state index in [1.165, 1.54) is 244 Å². The molecular formula is C67H126NO8P. The van der Waals surface area contributed by atoms with Crippen molar-refractivity contribution in [2.24, 2.45) is 5.73 Å². The second-order valence-electron chi connectivity index (χ2n) is 22.3. The van der Waals surface area contributed by atoms with Crippen LogP contribution in [-0.4, -0.2) is 49.3 Å². The van der Waals surface area contributed by atoms with Crippen LogP contribution in [-0.2, 0) is 32.7 Å². The number of carbonyl (C=O) groups is 2. The predicted molar refractivity (Wildman–Crippen MR) is 330 cm³/mol. The third-order valence-electron chi connectivity index (χ3n) is 14.7. The molecule has 0 aliphatic heterocycles. The van der Waals surface area contributed by atoms with Crippen molar-refractivity contribution in [3.05, 3.63) is 48.6 Å². The van der Waals surface area contributed by atoms with Gasteiger partial charge in [-0.1, -0.05) is 319 Å². The molecule has 10 heteroatoms. The van der Waals surface area contributed by atoms with Gasteiger partial charge >= 0.3 is 19.8 Å². The lowest BCUT2D eigenvalue weighted by molar-refractivity contribution is -0.161. The molecule has 0 aromatic carbocycles. The zero-order chi connectivity index (χ0) is 55.9. The van der Waals surface area contributed by atoms with Crippen LogP contribution in [0.3, 0.4) is 0 Å². The van der Waals surface area contributed by atoms with Gasteiger partial charge in [-0.2, -0.15) is 0 Å². The summed E-state index contributed by atoms with van der Waals surface area (Å²) in [7, 11) is -4.38. The highest BCUT2D eigenvalue weighted by Crippen LogP contribution is 2.43. The SMILES string of the molecule is CC/C=C\C/C=C\C/C=C\C/C=C\CCCCCCCCCCCCCCCCCCCCCCCCCCCCC(=O)OC(COC(=O)CCCCCCCCCCCCCCCCCCC)COP(=O)(O)OCCN. The Morgan fingerprint density at radius 2 is 0.714 bits per heavy atom. The second kappa shape index (κ2) is 63.2. The fourth-order valence-corrected chi connectivity index (χ4v) is 10.6. The third-order valence-corrected chi connectivity index (χ3v) is 15.7. The van der Waals surface area contributed by atoms with Gasteiger partial charge in [0.15, 0.2) is 6.10 Å². The first-order valence-corrected chi connectivity index (χ1v) is 34.6. The van der Waals surface area contributed by atoms with E-state index in [-0.39, 0.29) is 38.6 Å². The van der Waals surface area contributed by atoms with Gasteiger partial charge in [-0.15, -0.1) is 0 Å². The van der Waals surface area contributed by atoms with Crippen molar-refractivity contribution in [2.75, 3.05) is 26.4 Å². The summed E-state index contributed by atoms with van der Waals surface area (Å²) in [6.07, 6.45) is 79.3. The molecule has 452 valence electrons. The van der Waals surface area contributed by atoms with E-state index in [2.05, 4.69) is 62.5 Å². The molecule has 9 nitrogen and oxygen atoms in total. The van der Waals surface area contributed by atoms with Gasteiger partial charge in [-0.25, -0.2) is 4.57 Å².